The third-order valence-electron chi connectivity index (χ3n) is 1.68. The van der Waals surface area contributed by atoms with Crippen LogP contribution in [0.4, 0.5) is 8.78 Å². The van der Waals surface area contributed by atoms with Gasteiger partial charge in [0.2, 0.25) is 0 Å². The van der Waals surface area contributed by atoms with Gasteiger partial charge in [0.15, 0.2) is 0 Å². The lowest BCUT2D eigenvalue weighted by Gasteiger charge is -2.15. The fourth-order valence-corrected chi connectivity index (χ4v) is 0.968. The van der Waals surface area contributed by atoms with Crippen LogP contribution in [0.15, 0.2) is 9.98 Å². The third kappa shape index (κ3) is 2.09. The molecule has 1 heterocycles. The van der Waals surface area contributed by atoms with Gasteiger partial charge in [0, 0.05) is 18.6 Å². The maximum absolute atomic E-state index is 12.2. The molecule has 0 saturated carbocycles. The van der Waals surface area contributed by atoms with E-state index >= 15 is 0 Å². The van der Waals surface area contributed by atoms with Crippen molar-refractivity contribution in [1.82, 2.24) is 0 Å². The van der Waals surface area contributed by atoms with Gasteiger partial charge in [0.1, 0.15) is 11.9 Å². The highest BCUT2D eigenvalue weighted by Gasteiger charge is 2.22. The van der Waals surface area contributed by atoms with Crippen molar-refractivity contribution >= 4 is 12.1 Å². The number of rotatable bonds is 2. The van der Waals surface area contributed by atoms with Crippen LogP contribution in [-0.4, -0.2) is 24.5 Å². The number of alkyl halides is 2. The minimum absolute atomic E-state index is 0.128. The summed E-state index contributed by atoms with van der Waals surface area (Å²) in [5, 5.41) is 0. The average molecular weight is 174 g/mol. The van der Waals surface area contributed by atoms with Crippen LogP contribution >= 0.6 is 0 Å². The molecule has 0 aromatic heterocycles. The lowest BCUT2D eigenvalue weighted by molar-refractivity contribution is 0.119. The zero-order chi connectivity index (χ0) is 9.14. The van der Waals surface area contributed by atoms with Gasteiger partial charge < -0.3 is 0 Å². The molecule has 0 saturated heterocycles. The molecule has 0 bridgehead atoms. The molecule has 0 amide bonds. The Hall–Kier alpha value is -0.800. The van der Waals surface area contributed by atoms with E-state index in [2.05, 4.69) is 9.98 Å². The summed E-state index contributed by atoms with van der Waals surface area (Å²) in [5.74, 6) is 0.661. The molecule has 0 spiro atoms. The Labute approximate surface area is 70.4 Å². The fourth-order valence-electron chi connectivity index (χ4n) is 0.968. The summed E-state index contributed by atoms with van der Waals surface area (Å²) in [4.78, 5) is 7.80. The van der Waals surface area contributed by atoms with E-state index in [0.29, 0.717) is 5.84 Å². The Morgan fingerprint density at radius 2 is 2.17 bits per heavy atom. The standard InChI is InChI=1S/C8H12F2N2/c1-5(2)8-11-4-3-6(12-8)7(9)10/h4-7H,3H2,1-2H3. The van der Waals surface area contributed by atoms with Crippen LogP contribution in [0.2, 0.25) is 0 Å². The Bertz CT molecular complexity index is 209. The minimum atomic E-state index is -2.37. The van der Waals surface area contributed by atoms with Gasteiger partial charge in [0.05, 0.1) is 0 Å². The van der Waals surface area contributed by atoms with E-state index in [1.807, 2.05) is 13.8 Å². The zero-order valence-electron chi connectivity index (χ0n) is 7.17. The molecule has 68 valence electrons. The van der Waals surface area contributed by atoms with E-state index < -0.39 is 12.5 Å². The minimum Gasteiger partial charge on any atom is -0.261 e. The first-order valence-electron chi connectivity index (χ1n) is 3.99. The summed E-state index contributed by atoms with van der Waals surface area (Å²) in [7, 11) is 0. The van der Waals surface area contributed by atoms with Crippen LogP contribution < -0.4 is 0 Å². The van der Waals surface area contributed by atoms with E-state index in [9.17, 15) is 8.78 Å². The van der Waals surface area contributed by atoms with Crippen LogP contribution in [0.1, 0.15) is 20.3 Å². The second-order valence-corrected chi connectivity index (χ2v) is 3.09. The average Bonchev–Trinajstić information content (AvgIpc) is 2.04. The molecule has 1 aliphatic heterocycles. The Kier molecular flexibility index (Phi) is 2.89. The normalized spacial score (nSPS) is 23.5. The van der Waals surface area contributed by atoms with Crippen molar-refractivity contribution in [3.8, 4) is 0 Å². The van der Waals surface area contributed by atoms with Crippen LogP contribution in [0, 0.1) is 5.92 Å². The van der Waals surface area contributed by atoms with Crippen LogP contribution in [0.5, 0.6) is 0 Å². The molecule has 0 aromatic carbocycles. The maximum Gasteiger partial charge on any atom is 0.261 e. The van der Waals surface area contributed by atoms with Gasteiger partial charge in [-0.3, -0.25) is 4.99 Å². The summed E-state index contributed by atoms with van der Waals surface area (Å²) in [6.45, 7) is 3.79. The zero-order valence-corrected chi connectivity index (χ0v) is 7.17. The summed E-state index contributed by atoms with van der Waals surface area (Å²) in [6.07, 6.45) is -0.585. The monoisotopic (exact) mass is 174 g/mol. The molecule has 1 aliphatic rings. The van der Waals surface area contributed by atoms with Crippen molar-refractivity contribution in [2.24, 2.45) is 15.9 Å². The van der Waals surface area contributed by atoms with Crippen molar-refractivity contribution in [3.63, 3.8) is 0 Å². The van der Waals surface area contributed by atoms with E-state index in [1.54, 1.807) is 0 Å². The van der Waals surface area contributed by atoms with E-state index in [-0.39, 0.29) is 12.3 Å². The van der Waals surface area contributed by atoms with Gasteiger partial charge in [-0.15, -0.1) is 0 Å². The Balaban J connectivity index is 2.69. The number of amidine groups is 1. The molecule has 1 unspecified atom stereocenters. The molecule has 1 rings (SSSR count). The van der Waals surface area contributed by atoms with Gasteiger partial charge >= 0.3 is 0 Å². The summed E-state index contributed by atoms with van der Waals surface area (Å²) in [5.41, 5.74) is 0. The smallest absolute Gasteiger partial charge is 0.261 e. The summed E-state index contributed by atoms with van der Waals surface area (Å²) < 4.78 is 24.4. The van der Waals surface area contributed by atoms with Crippen molar-refractivity contribution in [1.29, 1.82) is 0 Å². The Morgan fingerprint density at radius 1 is 1.50 bits per heavy atom. The molecule has 2 nitrogen and oxygen atoms in total. The number of hydrogen-bond acceptors (Lipinski definition) is 2. The van der Waals surface area contributed by atoms with Crippen LogP contribution in [-0.2, 0) is 0 Å². The van der Waals surface area contributed by atoms with Gasteiger partial charge in [-0.2, -0.15) is 0 Å². The lowest BCUT2D eigenvalue weighted by atomic mass is 10.1. The first kappa shape index (κ1) is 9.29. The van der Waals surface area contributed by atoms with Crippen molar-refractivity contribution in [2.45, 2.75) is 32.7 Å². The topological polar surface area (TPSA) is 24.7 Å². The number of hydrogen-bond donors (Lipinski definition) is 0. The number of nitrogens with zero attached hydrogens (tertiary/aromatic N) is 2. The number of halogens is 2. The van der Waals surface area contributed by atoms with E-state index in [0.717, 1.165) is 0 Å². The fraction of sp³-hybridized carbons (Fsp3) is 0.750. The predicted molar refractivity (Wildman–Crippen MR) is 45.2 cm³/mol. The molecule has 0 radical (unpaired) electrons. The van der Waals surface area contributed by atoms with Crippen LogP contribution in [0.25, 0.3) is 0 Å². The highest BCUT2D eigenvalue weighted by atomic mass is 19.3. The molecule has 12 heavy (non-hydrogen) atoms. The molecular formula is C8H12F2N2. The van der Waals surface area contributed by atoms with Crippen LogP contribution in [0.3, 0.4) is 0 Å². The van der Waals surface area contributed by atoms with Gasteiger partial charge in [-0.05, 0) is 0 Å². The molecule has 0 aromatic rings. The lowest BCUT2D eigenvalue weighted by Crippen LogP contribution is -2.23. The second kappa shape index (κ2) is 3.74. The highest BCUT2D eigenvalue weighted by molar-refractivity contribution is 5.92. The van der Waals surface area contributed by atoms with Crippen molar-refractivity contribution in [3.05, 3.63) is 0 Å². The maximum atomic E-state index is 12.2. The highest BCUT2D eigenvalue weighted by Crippen LogP contribution is 2.14. The molecule has 1 atom stereocenters. The van der Waals surface area contributed by atoms with E-state index in [1.165, 1.54) is 6.21 Å². The molecular weight excluding hydrogens is 162 g/mol. The molecule has 0 aliphatic carbocycles. The number of aliphatic imine (C=N–C) groups is 2. The largest absolute Gasteiger partial charge is 0.261 e. The molecule has 0 fully saturated rings. The molecule has 4 heteroatoms. The second-order valence-electron chi connectivity index (χ2n) is 3.09. The summed E-state index contributed by atoms with van der Waals surface area (Å²) >= 11 is 0. The van der Waals surface area contributed by atoms with E-state index in [4.69, 9.17) is 0 Å². The van der Waals surface area contributed by atoms with Gasteiger partial charge in [-0.25, -0.2) is 13.8 Å². The van der Waals surface area contributed by atoms with Crippen molar-refractivity contribution < 1.29 is 8.78 Å². The SMILES string of the molecule is CC(C)C1=NC(C(F)F)CC=N1. The van der Waals surface area contributed by atoms with Gasteiger partial charge in [-0.1, -0.05) is 13.8 Å². The third-order valence-corrected chi connectivity index (χ3v) is 1.68. The first-order chi connectivity index (χ1) is 5.61. The predicted octanol–water partition coefficient (Wildman–Crippen LogP) is 2.15. The quantitative estimate of drug-likeness (QED) is 0.612. The van der Waals surface area contributed by atoms with Gasteiger partial charge in [0.25, 0.3) is 6.43 Å². The first-order valence-corrected chi connectivity index (χ1v) is 3.99. The van der Waals surface area contributed by atoms with Crippen molar-refractivity contribution in [2.75, 3.05) is 0 Å². The Morgan fingerprint density at radius 3 is 2.67 bits per heavy atom. The summed E-state index contributed by atoms with van der Waals surface area (Å²) in [6, 6.07) is -0.875. The molecule has 0 N–H and O–H groups in total.